The highest BCUT2D eigenvalue weighted by Gasteiger charge is 2.20. The van der Waals surface area contributed by atoms with Gasteiger partial charge in [-0.05, 0) is 18.2 Å². The second-order valence-electron chi connectivity index (χ2n) is 5.01. The van der Waals surface area contributed by atoms with Gasteiger partial charge in [0, 0.05) is 32.6 Å². The fourth-order valence-corrected chi connectivity index (χ4v) is 2.20. The van der Waals surface area contributed by atoms with Crippen molar-refractivity contribution in [3.63, 3.8) is 0 Å². The monoisotopic (exact) mass is 291 g/mol. The number of carboxylic acid groups (broad SMARTS) is 1. The first-order valence-electron chi connectivity index (χ1n) is 6.51. The van der Waals surface area contributed by atoms with Crippen LogP contribution in [0.3, 0.4) is 0 Å². The summed E-state index contributed by atoms with van der Waals surface area (Å²) in [6.07, 6.45) is 0.382. The molecular formula is C14H17N3O4. The van der Waals surface area contributed by atoms with Crippen molar-refractivity contribution in [3.05, 3.63) is 23.8 Å². The maximum absolute atomic E-state index is 12.2. The van der Waals surface area contributed by atoms with Crippen molar-refractivity contribution >= 4 is 29.2 Å². The molecule has 2 rings (SSSR count). The Hall–Kier alpha value is -2.57. The highest BCUT2D eigenvalue weighted by atomic mass is 16.4. The smallest absolute Gasteiger partial charge is 0.323 e. The number of nitrogens with zero attached hydrogens (tertiary/aromatic N) is 2. The van der Waals surface area contributed by atoms with E-state index in [2.05, 4.69) is 5.32 Å². The second kappa shape index (κ2) is 5.82. The molecule has 0 aliphatic carbocycles. The van der Waals surface area contributed by atoms with Gasteiger partial charge in [0.2, 0.25) is 5.91 Å². The zero-order valence-electron chi connectivity index (χ0n) is 11.9. The molecule has 7 heteroatoms. The van der Waals surface area contributed by atoms with Gasteiger partial charge >= 0.3 is 5.97 Å². The highest BCUT2D eigenvalue weighted by molar-refractivity contribution is 6.01. The second-order valence-corrected chi connectivity index (χ2v) is 5.01. The lowest BCUT2D eigenvalue weighted by Gasteiger charge is -2.20. The van der Waals surface area contributed by atoms with Crippen LogP contribution in [0, 0.1) is 0 Å². The Morgan fingerprint density at radius 2 is 2.14 bits per heavy atom. The van der Waals surface area contributed by atoms with Gasteiger partial charge in [0.25, 0.3) is 5.91 Å². The zero-order valence-corrected chi connectivity index (χ0v) is 11.9. The molecule has 112 valence electrons. The standard InChI is InChI=1S/C14H17N3O4/c1-16-6-5-12(18)15-10-7-9(3-4-11(10)16)14(21)17(2)8-13(19)20/h3-4,7H,5-6,8H2,1-2H3,(H,15,18)(H,19,20). The van der Waals surface area contributed by atoms with Gasteiger partial charge in [-0.25, -0.2) is 0 Å². The molecule has 1 aliphatic rings. The molecule has 1 heterocycles. The molecule has 0 atom stereocenters. The quantitative estimate of drug-likeness (QED) is 0.852. The number of amides is 2. The van der Waals surface area contributed by atoms with E-state index in [1.165, 1.54) is 7.05 Å². The Kier molecular flexibility index (Phi) is 4.11. The normalized spacial score (nSPS) is 14.0. The molecule has 0 spiro atoms. The van der Waals surface area contributed by atoms with Gasteiger partial charge in [0.15, 0.2) is 0 Å². The summed E-state index contributed by atoms with van der Waals surface area (Å²) in [5, 5.41) is 11.5. The molecule has 1 aliphatic heterocycles. The fraction of sp³-hybridized carbons (Fsp3) is 0.357. The van der Waals surface area contributed by atoms with Gasteiger partial charge in [-0.1, -0.05) is 0 Å². The van der Waals surface area contributed by atoms with Crippen LogP contribution < -0.4 is 10.2 Å². The van der Waals surface area contributed by atoms with Gasteiger partial charge < -0.3 is 20.2 Å². The van der Waals surface area contributed by atoms with E-state index in [-0.39, 0.29) is 12.5 Å². The van der Waals surface area contributed by atoms with Crippen LogP contribution in [0.5, 0.6) is 0 Å². The van der Waals surface area contributed by atoms with E-state index in [1.54, 1.807) is 18.2 Å². The molecule has 0 bridgehead atoms. The first-order valence-corrected chi connectivity index (χ1v) is 6.51. The van der Waals surface area contributed by atoms with Crippen molar-refractivity contribution in [2.24, 2.45) is 0 Å². The predicted octanol–water partition coefficient (Wildman–Crippen LogP) is 0.622. The maximum Gasteiger partial charge on any atom is 0.323 e. The molecule has 0 saturated carbocycles. The third kappa shape index (κ3) is 3.31. The third-order valence-corrected chi connectivity index (χ3v) is 3.32. The Labute approximate surface area is 122 Å². The van der Waals surface area contributed by atoms with E-state index in [4.69, 9.17) is 5.11 Å². The molecule has 21 heavy (non-hydrogen) atoms. The summed E-state index contributed by atoms with van der Waals surface area (Å²) >= 11 is 0. The number of carbonyl (C=O) groups excluding carboxylic acids is 2. The van der Waals surface area contributed by atoms with Crippen molar-refractivity contribution in [2.45, 2.75) is 6.42 Å². The SMILES string of the molecule is CN(CC(=O)O)C(=O)c1ccc2c(c1)NC(=O)CCN2C. The summed E-state index contributed by atoms with van der Waals surface area (Å²) < 4.78 is 0. The lowest BCUT2D eigenvalue weighted by molar-refractivity contribution is -0.137. The molecule has 0 saturated heterocycles. The Bertz CT molecular complexity index is 600. The van der Waals surface area contributed by atoms with Crippen molar-refractivity contribution < 1.29 is 19.5 Å². The molecule has 1 aromatic rings. The van der Waals surface area contributed by atoms with Crippen molar-refractivity contribution in [1.82, 2.24) is 4.90 Å². The minimum absolute atomic E-state index is 0.107. The van der Waals surface area contributed by atoms with Crippen molar-refractivity contribution in [2.75, 3.05) is 37.4 Å². The van der Waals surface area contributed by atoms with E-state index in [0.717, 1.165) is 10.6 Å². The fourth-order valence-electron chi connectivity index (χ4n) is 2.20. The van der Waals surface area contributed by atoms with Crippen molar-refractivity contribution in [3.8, 4) is 0 Å². The van der Waals surface area contributed by atoms with Gasteiger partial charge in [-0.3, -0.25) is 14.4 Å². The number of carbonyl (C=O) groups is 3. The molecule has 0 fully saturated rings. The van der Waals surface area contributed by atoms with Crippen LogP contribution in [0.4, 0.5) is 11.4 Å². The molecule has 0 unspecified atom stereocenters. The lowest BCUT2D eigenvalue weighted by atomic mass is 10.1. The highest BCUT2D eigenvalue weighted by Crippen LogP contribution is 2.29. The largest absolute Gasteiger partial charge is 0.480 e. The number of carboxylic acids is 1. The summed E-state index contributed by atoms with van der Waals surface area (Å²) in [4.78, 5) is 37.5. The zero-order chi connectivity index (χ0) is 15.6. The summed E-state index contributed by atoms with van der Waals surface area (Å²) in [5.74, 6) is -1.58. The summed E-state index contributed by atoms with van der Waals surface area (Å²) in [7, 11) is 3.30. The van der Waals surface area contributed by atoms with E-state index in [9.17, 15) is 14.4 Å². The molecule has 2 N–H and O–H groups in total. The van der Waals surface area contributed by atoms with Crippen LogP contribution in [0.25, 0.3) is 0 Å². The number of nitrogens with one attached hydrogen (secondary N) is 1. The molecule has 7 nitrogen and oxygen atoms in total. The third-order valence-electron chi connectivity index (χ3n) is 3.32. The van der Waals surface area contributed by atoms with Gasteiger partial charge in [-0.15, -0.1) is 0 Å². The number of hydrogen-bond acceptors (Lipinski definition) is 4. The number of rotatable bonds is 3. The van der Waals surface area contributed by atoms with Gasteiger partial charge in [0.05, 0.1) is 11.4 Å². The maximum atomic E-state index is 12.2. The van der Waals surface area contributed by atoms with Gasteiger partial charge in [0.1, 0.15) is 6.54 Å². The summed E-state index contributed by atoms with van der Waals surface area (Å²) in [6.45, 7) is 0.229. The number of aliphatic carboxylic acids is 1. The average molecular weight is 291 g/mol. The van der Waals surface area contributed by atoms with Crippen LogP contribution >= 0.6 is 0 Å². The Morgan fingerprint density at radius 3 is 2.81 bits per heavy atom. The van der Waals surface area contributed by atoms with Crippen LogP contribution in [-0.4, -0.2) is 55.0 Å². The van der Waals surface area contributed by atoms with Crippen LogP contribution in [0.15, 0.2) is 18.2 Å². The van der Waals surface area contributed by atoms with E-state index < -0.39 is 11.9 Å². The van der Waals surface area contributed by atoms with Crippen LogP contribution in [-0.2, 0) is 9.59 Å². The molecule has 1 aromatic carbocycles. The van der Waals surface area contributed by atoms with Crippen molar-refractivity contribution in [1.29, 1.82) is 0 Å². The van der Waals surface area contributed by atoms with Crippen LogP contribution in [0.1, 0.15) is 16.8 Å². The van der Waals surface area contributed by atoms with E-state index in [0.29, 0.717) is 24.2 Å². The number of hydrogen-bond donors (Lipinski definition) is 2. The molecule has 0 radical (unpaired) electrons. The lowest BCUT2D eigenvalue weighted by Crippen LogP contribution is -2.32. The topological polar surface area (TPSA) is 90.0 Å². The summed E-state index contributed by atoms with van der Waals surface area (Å²) in [6, 6.07) is 4.96. The van der Waals surface area contributed by atoms with E-state index >= 15 is 0 Å². The number of fused-ring (bicyclic) bond motifs is 1. The van der Waals surface area contributed by atoms with E-state index in [1.807, 2.05) is 11.9 Å². The number of benzene rings is 1. The minimum atomic E-state index is -1.08. The Morgan fingerprint density at radius 1 is 1.43 bits per heavy atom. The Balaban J connectivity index is 2.29. The summed E-state index contributed by atoms with van der Waals surface area (Å²) in [5.41, 5.74) is 1.74. The molecular weight excluding hydrogens is 274 g/mol. The number of likely N-dealkylation sites (N-methyl/N-ethyl adjacent to an activating group) is 1. The molecule has 2 amide bonds. The first kappa shape index (κ1) is 14.8. The number of anilines is 2. The average Bonchev–Trinajstić information content (AvgIpc) is 2.56. The van der Waals surface area contributed by atoms with Crippen LogP contribution in [0.2, 0.25) is 0 Å². The molecule has 0 aromatic heterocycles. The first-order chi connectivity index (χ1) is 9.88. The minimum Gasteiger partial charge on any atom is -0.480 e. The predicted molar refractivity (Wildman–Crippen MR) is 77.6 cm³/mol. The van der Waals surface area contributed by atoms with Gasteiger partial charge in [-0.2, -0.15) is 0 Å².